The number of carbonyl (C=O) groups excluding carboxylic acids is 2. The minimum atomic E-state index is -0.870. The number of aromatic nitrogens is 1. The number of carbonyl (C=O) groups is 2. The summed E-state index contributed by atoms with van der Waals surface area (Å²) in [7, 11) is 0. The third kappa shape index (κ3) is 4.31. The Morgan fingerprint density at radius 2 is 1.83 bits per heavy atom. The van der Waals surface area contributed by atoms with Crippen molar-refractivity contribution in [2.24, 2.45) is 0 Å². The van der Waals surface area contributed by atoms with Gasteiger partial charge in [-0.1, -0.05) is 11.6 Å². The number of nitrogens with one attached hydrogen (secondary N) is 1. The van der Waals surface area contributed by atoms with Crippen LogP contribution in [0.2, 0.25) is 0 Å². The molecule has 0 aliphatic rings. The number of esters is 1. The lowest BCUT2D eigenvalue weighted by Gasteiger charge is -2.23. The minimum absolute atomic E-state index is 0.317. The zero-order chi connectivity index (χ0) is 18.1. The lowest BCUT2D eigenvalue weighted by Crippen LogP contribution is -2.46. The summed E-state index contributed by atoms with van der Waals surface area (Å²) < 4.78 is 5.37. The highest BCUT2D eigenvalue weighted by atomic mass is 16.5. The third-order valence-corrected chi connectivity index (χ3v) is 3.46. The molecule has 1 aromatic heterocycles. The predicted molar refractivity (Wildman–Crippen MR) is 94.0 cm³/mol. The minimum Gasteiger partial charge on any atom is -0.449 e. The second-order valence-corrected chi connectivity index (χ2v) is 7.12. The lowest BCUT2D eigenvalue weighted by molar-refractivity contribution is -0.130. The van der Waals surface area contributed by atoms with Crippen LogP contribution in [-0.2, 0) is 9.53 Å². The van der Waals surface area contributed by atoms with Gasteiger partial charge in [0.05, 0.1) is 11.1 Å². The molecule has 0 unspecified atom stereocenters. The molecule has 1 aromatic carbocycles. The van der Waals surface area contributed by atoms with E-state index in [4.69, 9.17) is 4.74 Å². The quantitative estimate of drug-likeness (QED) is 0.878. The number of pyridine rings is 1. The van der Waals surface area contributed by atoms with Gasteiger partial charge in [-0.15, -0.1) is 0 Å². The zero-order valence-corrected chi connectivity index (χ0v) is 15.1. The lowest BCUT2D eigenvalue weighted by atomic mass is 10.1. The molecule has 5 nitrogen and oxygen atoms in total. The Kier molecular flexibility index (Phi) is 4.92. The van der Waals surface area contributed by atoms with E-state index in [2.05, 4.69) is 10.3 Å². The summed E-state index contributed by atoms with van der Waals surface area (Å²) in [6.45, 7) is 11.0. The first-order chi connectivity index (χ1) is 11.1. The number of hydrogen-bond acceptors (Lipinski definition) is 4. The van der Waals surface area contributed by atoms with Crippen molar-refractivity contribution >= 4 is 22.8 Å². The van der Waals surface area contributed by atoms with E-state index in [-0.39, 0.29) is 11.4 Å². The van der Waals surface area contributed by atoms with Crippen molar-refractivity contribution < 1.29 is 14.3 Å². The van der Waals surface area contributed by atoms with E-state index in [1.807, 2.05) is 52.8 Å². The summed E-state index contributed by atoms with van der Waals surface area (Å²) in [6, 6.07) is 7.42. The van der Waals surface area contributed by atoms with Crippen molar-refractivity contribution in [1.29, 1.82) is 0 Å². The van der Waals surface area contributed by atoms with E-state index in [1.165, 1.54) is 0 Å². The molecule has 0 aliphatic carbocycles. The fourth-order valence-electron chi connectivity index (χ4n) is 2.39. The van der Waals surface area contributed by atoms with Crippen molar-refractivity contribution in [3.63, 3.8) is 0 Å². The normalized spacial score (nSPS) is 12.8. The fraction of sp³-hybridized carbons (Fsp3) is 0.421. The Balaban J connectivity index is 2.28. The van der Waals surface area contributed by atoms with Crippen LogP contribution in [0.25, 0.3) is 10.9 Å². The predicted octanol–water partition coefficient (Wildman–Crippen LogP) is 3.31. The van der Waals surface area contributed by atoms with Crippen molar-refractivity contribution in [2.45, 2.75) is 53.2 Å². The van der Waals surface area contributed by atoms with Gasteiger partial charge in [-0.2, -0.15) is 0 Å². The Labute approximate surface area is 142 Å². The Hall–Kier alpha value is -2.43. The van der Waals surface area contributed by atoms with Crippen LogP contribution in [0.4, 0.5) is 0 Å². The number of fused-ring (bicyclic) bond motifs is 1. The van der Waals surface area contributed by atoms with Crippen LogP contribution in [0.1, 0.15) is 49.3 Å². The Morgan fingerprint density at radius 3 is 2.46 bits per heavy atom. The molecule has 1 atom stereocenters. The largest absolute Gasteiger partial charge is 0.449 e. The third-order valence-electron chi connectivity index (χ3n) is 3.46. The molecule has 5 heteroatoms. The van der Waals surface area contributed by atoms with Gasteiger partial charge in [-0.3, -0.25) is 9.78 Å². The summed E-state index contributed by atoms with van der Waals surface area (Å²) in [4.78, 5) is 29.1. The average Bonchev–Trinajstić information content (AvgIpc) is 2.45. The monoisotopic (exact) mass is 328 g/mol. The molecule has 0 aliphatic heterocycles. The van der Waals surface area contributed by atoms with Crippen LogP contribution in [0.5, 0.6) is 0 Å². The van der Waals surface area contributed by atoms with Crippen LogP contribution in [0.3, 0.4) is 0 Å². The zero-order valence-electron chi connectivity index (χ0n) is 15.1. The van der Waals surface area contributed by atoms with E-state index in [0.29, 0.717) is 5.56 Å². The number of ether oxygens (including phenoxy) is 1. The number of amides is 1. The van der Waals surface area contributed by atoms with Gasteiger partial charge < -0.3 is 10.1 Å². The van der Waals surface area contributed by atoms with Gasteiger partial charge in [0.1, 0.15) is 0 Å². The summed E-state index contributed by atoms with van der Waals surface area (Å²) in [5, 5.41) is 3.54. The van der Waals surface area contributed by atoms with Crippen molar-refractivity contribution in [3.05, 3.63) is 41.1 Å². The molecule has 24 heavy (non-hydrogen) atoms. The van der Waals surface area contributed by atoms with Crippen molar-refractivity contribution in [2.75, 3.05) is 0 Å². The molecule has 0 fully saturated rings. The highest BCUT2D eigenvalue weighted by Gasteiger charge is 2.24. The molecule has 2 rings (SSSR count). The van der Waals surface area contributed by atoms with Gasteiger partial charge in [0, 0.05) is 16.6 Å². The average molecular weight is 328 g/mol. The number of rotatable bonds is 3. The number of nitrogens with zero attached hydrogens (tertiary/aromatic N) is 1. The topological polar surface area (TPSA) is 68.3 Å². The van der Waals surface area contributed by atoms with Crippen molar-refractivity contribution in [1.82, 2.24) is 10.3 Å². The molecule has 0 saturated heterocycles. The van der Waals surface area contributed by atoms with Crippen LogP contribution in [0.15, 0.2) is 24.3 Å². The van der Waals surface area contributed by atoms with Crippen molar-refractivity contribution in [3.8, 4) is 0 Å². The van der Waals surface area contributed by atoms with Gasteiger partial charge in [0.15, 0.2) is 6.10 Å². The van der Waals surface area contributed by atoms with E-state index in [0.717, 1.165) is 22.2 Å². The summed E-state index contributed by atoms with van der Waals surface area (Å²) in [6.07, 6.45) is -0.870. The van der Waals surface area contributed by atoms with E-state index < -0.39 is 12.1 Å². The molecular formula is C19H24N2O3. The van der Waals surface area contributed by atoms with Gasteiger partial charge in [0.2, 0.25) is 0 Å². The Bertz CT molecular complexity index is 791. The number of hydrogen-bond donors (Lipinski definition) is 1. The summed E-state index contributed by atoms with van der Waals surface area (Å²) in [5.74, 6) is -0.838. The first-order valence-electron chi connectivity index (χ1n) is 7.98. The van der Waals surface area contributed by atoms with Crippen LogP contribution in [0, 0.1) is 13.8 Å². The first kappa shape index (κ1) is 17.9. The molecule has 0 bridgehead atoms. The maximum absolute atomic E-state index is 12.6. The maximum Gasteiger partial charge on any atom is 0.339 e. The molecule has 0 radical (unpaired) electrons. The molecule has 1 heterocycles. The van der Waals surface area contributed by atoms with Crippen LogP contribution < -0.4 is 5.32 Å². The SMILES string of the molecule is Cc1ccc2nc(C)cc(C(=O)O[C@@H](C)C(=O)NC(C)(C)C)c2c1. The highest BCUT2D eigenvalue weighted by molar-refractivity contribution is 6.04. The molecular weight excluding hydrogens is 304 g/mol. The molecule has 2 aromatic rings. The standard InChI is InChI=1S/C19H24N2O3/c1-11-7-8-16-14(9-11)15(10-12(2)20-16)18(23)24-13(3)17(22)21-19(4,5)6/h7-10,13H,1-6H3,(H,21,22)/t13-/m0/s1. The van der Waals surface area contributed by atoms with Gasteiger partial charge >= 0.3 is 5.97 Å². The molecule has 1 amide bonds. The van der Waals surface area contributed by atoms with Crippen LogP contribution in [-0.4, -0.2) is 28.5 Å². The first-order valence-corrected chi connectivity index (χ1v) is 7.98. The smallest absolute Gasteiger partial charge is 0.339 e. The van der Waals surface area contributed by atoms with Crippen LogP contribution >= 0.6 is 0 Å². The molecule has 1 N–H and O–H groups in total. The van der Waals surface area contributed by atoms with Gasteiger partial charge in [-0.05, 0) is 59.7 Å². The summed E-state index contributed by atoms with van der Waals surface area (Å²) in [5.41, 5.74) is 2.54. The maximum atomic E-state index is 12.6. The molecule has 0 spiro atoms. The van der Waals surface area contributed by atoms with E-state index in [9.17, 15) is 9.59 Å². The second kappa shape index (κ2) is 6.59. The molecule has 128 valence electrons. The van der Waals surface area contributed by atoms with Gasteiger partial charge in [-0.25, -0.2) is 4.79 Å². The number of aryl methyl sites for hydroxylation is 2. The highest BCUT2D eigenvalue weighted by Crippen LogP contribution is 2.21. The van der Waals surface area contributed by atoms with E-state index in [1.54, 1.807) is 13.0 Å². The van der Waals surface area contributed by atoms with Gasteiger partial charge in [0.25, 0.3) is 5.91 Å². The fourth-order valence-corrected chi connectivity index (χ4v) is 2.39. The second-order valence-electron chi connectivity index (χ2n) is 7.12. The number of benzene rings is 1. The Morgan fingerprint density at radius 1 is 1.17 bits per heavy atom. The molecule has 0 saturated carbocycles. The van der Waals surface area contributed by atoms with E-state index >= 15 is 0 Å². The summed E-state index contributed by atoms with van der Waals surface area (Å²) >= 11 is 0.